The number of hydrogen-bond acceptors (Lipinski definition) is 6. The first kappa shape index (κ1) is 20.2. The number of benzene rings is 2. The summed E-state index contributed by atoms with van der Waals surface area (Å²) < 4.78 is 6.88. The van der Waals surface area contributed by atoms with Crippen LogP contribution in [0, 0.1) is 0 Å². The third-order valence-corrected chi connectivity index (χ3v) is 5.82. The molecule has 1 aliphatic rings. The van der Waals surface area contributed by atoms with Gasteiger partial charge < -0.3 is 19.0 Å². The van der Waals surface area contributed by atoms with Gasteiger partial charge in [0.15, 0.2) is 0 Å². The molecule has 0 spiro atoms. The number of nitrogens with one attached hydrogen (secondary N) is 1. The van der Waals surface area contributed by atoms with Crippen LogP contribution in [0.4, 0.5) is 5.69 Å². The SMILES string of the molecule is CCn1c(=O)c(=O)[nH]c2cc(-c3noc([C@H]4CC(=O)N(c5cccc(Cl)c5)C4)n3)ccc21. The Bertz CT molecular complexity index is 1470. The molecule has 10 heteroatoms. The van der Waals surface area contributed by atoms with E-state index in [2.05, 4.69) is 15.1 Å². The Morgan fingerprint density at radius 2 is 2.03 bits per heavy atom. The van der Waals surface area contributed by atoms with Crippen LogP contribution in [0.3, 0.4) is 0 Å². The van der Waals surface area contributed by atoms with Crippen molar-refractivity contribution in [3.63, 3.8) is 0 Å². The number of amides is 1. The van der Waals surface area contributed by atoms with Crippen molar-refractivity contribution < 1.29 is 9.32 Å². The molecule has 9 nitrogen and oxygen atoms in total. The Hall–Kier alpha value is -3.72. The summed E-state index contributed by atoms with van der Waals surface area (Å²) in [6, 6.07) is 12.3. The molecule has 1 saturated heterocycles. The predicted octanol–water partition coefficient (Wildman–Crippen LogP) is 2.93. The minimum absolute atomic E-state index is 0.0437. The minimum Gasteiger partial charge on any atom is -0.339 e. The van der Waals surface area contributed by atoms with E-state index in [1.807, 2.05) is 6.07 Å². The van der Waals surface area contributed by atoms with Gasteiger partial charge in [0.2, 0.25) is 17.6 Å². The molecule has 1 fully saturated rings. The topological polar surface area (TPSA) is 114 Å². The second kappa shape index (κ2) is 7.76. The lowest BCUT2D eigenvalue weighted by atomic mass is 10.1. The molecule has 1 amide bonds. The average Bonchev–Trinajstić information content (AvgIpc) is 3.41. The van der Waals surface area contributed by atoms with Gasteiger partial charge in [0, 0.05) is 35.8 Å². The number of H-pyrrole nitrogens is 1. The van der Waals surface area contributed by atoms with Gasteiger partial charge in [-0.05, 0) is 43.3 Å². The van der Waals surface area contributed by atoms with E-state index in [-0.39, 0.29) is 18.2 Å². The lowest BCUT2D eigenvalue weighted by molar-refractivity contribution is -0.117. The molecule has 1 N–H and O–H groups in total. The van der Waals surface area contributed by atoms with Crippen molar-refractivity contribution in [2.75, 3.05) is 11.4 Å². The van der Waals surface area contributed by atoms with Crippen LogP contribution < -0.4 is 16.0 Å². The van der Waals surface area contributed by atoms with Gasteiger partial charge in [0.05, 0.1) is 17.0 Å². The maximum absolute atomic E-state index is 12.5. The number of carbonyl (C=O) groups excluding carboxylic acids is 1. The van der Waals surface area contributed by atoms with Crippen LogP contribution in [0.25, 0.3) is 22.4 Å². The van der Waals surface area contributed by atoms with Gasteiger partial charge in [-0.1, -0.05) is 22.8 Å². The molecule has 1 aliphatic heterocycles. The molecular formula is C22H18ClN5O4. The Labute approximate surface area is 186 Å². The number of halogens is 1. The van der Waals surface area contributed by atoms with Crippen LogP contribution in [0.5, 0.6) is 0 Å². The van der Waals surface area contributed by atoms with Crippen LogP contribution >= 0.6 is 11.6 Å². The molecule has 162 valence electrons. The highest BCUT2D eigenvalue weighted by molar-refractivity contribution is 6.30. The van der Waals surface area contributed by atoms with E-state index in [1.165, 1.54) is 4.57 Å². The smallest absolute Gasteiger partial charge is 0.316 e. The van der Waals surface area contributed by atoms with Crippen molar-refractivity contribution in [1.29, 1.82) is 0 Å². The minimum atomic E-state index is -0.684. The van der Waals surface area contributed by atoms with Crippen molar-refractivity contribution in [2.45, 2.75) is 25.8 Å². The third-order valence-electron chi connectivity index (χ3n) is 5.59. The van der Waals surface area contributed by atoms with Crippen LogP contribution in [0.15, 0.2) is 56.6 Å². The fourth-order valence-electron chi connectivity index (χ4n) is 4.02. The lowest BCUT2D eigenvalue weighted by Crippen LogP contribution is -2.35. The van der Waals surface area contributed by atoms with Gasteiger partial charge in [-0.15, -0.1) is 0 Å². The molecule has 0 unspecified atom stereocenters. The summed E-state index contributed by atoms with van der Waals surface area (Å²) in [5, 5.41) is 4.62. The number of carbonyl (C=O) groups is 1. The largest absolute Gasteiger partial charge is 0.339 e. The first-order valence-electron chi connectivity index (χ1n) is 10.1. The Balaban J connectivity index is 1.44. The molecule has 32 heavy (non-hydrogen) atoms. The van der Waals surface area contributed by atoms with Gasteiger partial charge in [-0.2, -0.15) is 4.98 Å². The van der Waals surface area contributed by atoms with Crippen molar-refractivity contribution in [3.05, 3.63) is 74.1 Å². The Kier molecular flexibility index (Phi) is 4.90. The normalized spacial score (nSPS) is 16.2. The summed E-state index contributed by atoms with van der Waals surface area (Å²) in [5.74, 6) is 0.418. The number of hydrogen-bond donors (Lipinski definition) is 1. The highest BCUT2D eigenvalue weighted by atomic mass is 35.5. The quantitative estimate of drug-likeness (QED) is 0.477. The van der Waals surface area contributed by atoms with Crippen molar-refractivity contribution in [1.82, 2.24) is 19.7 Å². The predicted molar refractivity (Wildman–Crippen MR) is 119 cm³/mol. The standard InChI is InChI=1S/C22H18ClN5O4/c1-2-27-17-7-6-12(8-16(17)24-20(30)22(27)31)19-25-21(32-26-19)13-9-18(29)28(11-13)15-5-3-4-14(23)10-15/h3-8,10,13H,2,9,11H2,1H3,(H,24,30)/t13-/m0/s1. The number of rotatable bonds is 4. The van der Waals surface area contributed by atoms with Crippen LogP contribution in [-0.4, -0.2) is 32.1 Å². The number of nitrogens with zero attached hydrogens (tertiary/aromatic N) is 4. The molecule has 1 atom stereocenters. The van der Waals surface area contributed by atoms with Crippen LogP contribution in [0.1, 0.15) is 25.2 Å². The number of fused-ring (bicyclic) bond motifs is 1. The summed E-state index contributed by atoms with van der Waals surface area (Å²) in [5.41, 5.74) is 1.19. The number of aromatic nitrogens is 4. The molecule has 4 aromatic rings. The summed E-state index contributed by atoms with van der Waals surface area (Å²) in [4.78, 5) is 45.3. The van der Waals surface area contributed by atoms with E-state index in [0.29, 0.717) is 46.4 Å². The van der Waals surface area contributed by atoms with Gasteiger partial charge in [-0.25, -0.2) is 0 Å². The first-order valence-corrected chi connectivity index (χ1v) is 10.5. The molecule has 0 aliphatic carbocycles. The number of anilines is 1. The second-order valence-electron chi connectivity index (χ2n) is 7.58. The summed E-state index contributed by atoms with van der Waals surface area (Å²) in [6.07, 6.45) is 0.252. The van der Waals surface area contributed by atoms with E-state index in [4.69, 9.17) is 16.1 Å². The molecule has 2 aromatic heterocycles. The van der Waals surface area contributed by atoms with Crippen molar-refractivity contribution in [3.8, 4) is 11.4 Å². The van der Waals surface area contributed by atoms with E-state index in [9.17, 15) is 14.4 Å². The van der Waals surface area contributed by atoms with Gasteiger partial charge in [0.25, 0.3) is 0 Å². The molecule has 5 rings (SSSR count). The monoisotopic (exact) mass is 451 g/mol. The second-order valence-corrected chi connectivity index (χ2v) is 8.01. The van der Waals surface area contributed by atoms with E-state index < -0.39 is 11.1 Å². The van der Waals surface area contributed by atoms with Crippen molar-refractivity contribution in [2.24, 2.45) is 0 Å². The van der Waals surface area contributed by atoms with E-state index in [0.717, 1.165) is 5.69 Å². The zero-order valence-corrected chi connectivity index (χ0v) is 17.8. The van der Waals surface area contributed by atoms with Gasteiger partial charge in [-0.3, -0.25) is 14.4 Å². The maximum Gasteiger partial charge on any atom is 0.316 e. The third kappa shape index (κ3) is 3.40. The number of aryl methyl sites for hydroxylation is 1. The fraction of sp³-hybridized carbons (Fsp3) is 0.227. The van der Waals surface area contributed by atoms with Crippen LogP contribution in [-0.2, 0) is 11.3 Å². The zero-order valence-electron chi connectivity index (χ0n) is 17.0. The van der Waals surface area contributed by atoms with Gasteiger partial charge >= 0.3 is 11.1 Å². The molecule has 2 aromatic carbocycles. The molecular weight excluding hydrogens is 434 g/mol. The van der Waals surface area contributed by atoms with E-state index in [1.54, 1.807) is 48.2 Å². The number of aromatic amines is 1. The zero-order chi connectivity index (χ0) is 22.4. The summed E-state index contributed by atoms with van der Waals surface area (Å²) >= 11 is 6.05. The summed E-state index contributed by atoms with van der Waals surface area (Å²) in [7, 11) is 0. The molecule has 0 radical (unpaired) electrons. The highest BCUT2D eigenvalue weighted by Crippen LogP contribution is 2.33. The average molecular weight is 452 g/mol. The highest BCUT2D eigenvalue weighted by Gasteiger charge is 2.35. The molecule has 3 heterocycles. The fourth-order valence-corrected chi connectivity index (χ4v) is 4.20. The lowest BCUT2D eigenvalue weighted by Gasteiger charge is -2.16. The molecule has 0 saturated carbocycles. The summed E-state index contributed by atoms with van der Waals surface area (Å²) in [6.45, 7) is 2.59. The van der Waals surface area contributed by atoms with Gasteiger partial charge in [0.1, 0.15) is 0 Å². The first-order chi connectivity index (χ1) is 15.4. The Morgan fingerprint density at radius 3 is 2.81 bits per heavy atom. The van der Waals surface area contributed by atoms with Crippen LogP contribution in [0.2, 0.25) is 5.02 Å². The van der Waals surface area contributed by atoms with Crippen molar-refractivity contribution >= 4 is 34.2 Å². The van der Waals surface area contributed by atoms with E-state index >= 15 is 0 Å². The Morgan fingerprint density at radius 1 is 1.19 bits per heavy atom. The maximum atomic E-state index is 12.5. The molecule has 0 bridgehead atoms.